The summed E-state index contributed by atoms with van der Waals surface area (Å²) in [5, 5.41) is 5.46. The summed E-state index contributed by atoms with van der Waals surface area (Å²) in [6.45, 7) is 6.97. The number of nitrogens with zero attached hydrogens (tertiary/aromatic N) is 1. The second kappa shape index (κ2) is 7.32. The van der Waals surface area contributed by atoms with Gasteiger partial charge in [-0.3, -0.25) is 9.59 Å². The number of hydrogen-bond acceptors (Lipinski definition) is 3. The number of nitrogens with one attached hydrogen (secondary N) is 1. The van der Waals surface area contributed by atoms with E-state index in [4.69, 9.17) is 11.6 Å². The number of amides is 1. The van der Waals surface area contributed by atoms with E-state index in [0.717, 1.165) is 22.6 Å². The third-order valence-corrected chi connectivity index (χ3v) is 5.03. The van der Waals surface area contributed by atoms with Crippen molar-refractivity contribution in [3.63, 3.8) is 0 Å². The van der Waals surface area contributed by atoms with E-state index in [0.29, 0.717) is 24.5 Å². The summed E-state index contributed by atoms with van der Waals surface area (Å²) in [6.07, 6.45) is 0.300. The molecule has 1 amide bonds. The van der Waals surface area contributed by atoms with Crippen molar-refractivity contribution < 1.29 is 4.79 Å². The third-order valence-electron chi connectivity index (χ3n) is 3.89. The molecule has 1 heterocycles. The van der Waals surface area contributed by atoms with Gasteiger partial charge in [0.1, 0.15) is 0 Å². The molecule has 124 valence electrons. The Labute approximate surface area is 145 Å². The van der Waals surface area contributed by atoms with Crippen LogP contribution in [0.5, 0.6) is 0 Å². The van der Waals surface area contributed by atoms with Gasteiger partial charge in [-0.2, -0.15) is 0 Å². The van der Waals surface area contributed by atoms with Gasteiger partial charge in [-0.25, -0.2) is 0 Å². The molecule has 0 saturated carbocycles. The van der Waals surface area contributed by atoms with E-state index in [2.05, 4.69) is 19.2 Å². The first kappa shape index (κ1) is 17.8. The van der Waals surface area contributed by atoms with Crippen LogP contribution in [0.25, 0.3) is 0 Å². The van der Waals surface area contributed by atoms with Crippen LogP contribution in [-0.4, -0.2) is 17.0 Å². The molecule has 23 heavy (non-hydrogen) atoms. The maximum atomic E-state index is 12.0. The number of aryl methyl sites for hydroxylation is 1. The van der Waals surface area contributed by atoms with Crippen molar-refractivity contribution in [1.29, 1.82) is 0 Å². The summed E-state index contributed by atoms with van der Waals surface area (Å²) in [5.41, 5.74) is 1.83. The second-order valence-electron chi connectivity index (χ2n) is 6.21. The number of carbonyl (C=O) groups excluding carboxylic acids is 1. The monoisotopic (exact) mass is 352 g/mol. The zero-order valence-electron chi connectivity index (χ0n) is 13.6. The van der Waals surface area contributed by atoms with E-state index in [9.17, 15) is 9.59 Å². The van der Waals surface area contributed by atoms with Crippen LogP contribution >= 0.6 is 22.9 Å². The molecule has 0 spiro atoms. The predicted molar refractivity (Wildman–Crippen MR) is 95.4 cm³/mol. The van der Waals surface area contributed by atoms with Gasteiger partial charge in [-0.1, -0.05) is 48.9 Å². The molecule has 1 aromatic carbocycles. The van der Waals surface area contributed by atoms with Crippen LogP contribution in [-0.2, 0) is 16.8 Å². The summed E-state index contributed by atoms with van der Waals surface area (Å²) in [7, 11) is 0. The number of thiazole rings is 1. The number of hydrogen-bond donors (Lipinski definition) is 1. The third kappa shape index (κ3) is 4.69. The topological polar surface area (TPSA) is 51.1 Å². The molecule has 0 saturated heterocycles. The van der Waals surface area contributed by atoms with E-state index in [1.807, 2.05) is 36.6 Å². The molecule has 0 radical (unpaired) electrons. The van der Waals surface area contributed by atoms with Gasteiger partial charge in [0.15, 0.2) is 0 Å². The van der Waals surface area contributed by atoms with Crippen LogP contribution in [0.3, 0.4) is 0 Å². The Hall–Kier alpha value is -1.59. The maximum absolute atomic E-state index is 12.0. The fourth-order valence-corrected chi connectivity index (χ4v) is 3.19. The van der Waals surface area contributed by atoms with Gasteiger partial charge >= 0.3 is 4.87 Å². The van der Waals surface area contributed by atoms with Gasteiger partial charge in [-0.05, 0) is 24.6 Å². The minimum atomic E-state index is -0.185. The Balaban J connectivity index is 1.88. The Kier molecular flexibility index (Phi) is 5.65. The lowest BCUT2D eigenvalue weighted by Crippen LogP contribution is -2.37. The van der Waals surface area contributed by atoms with Crippen LogP contribution in [0.1, 0.15) is 31.5 Å². The molecule has 0 fully saturated rings. The molecule has 1 N–H and O–H groups in total. The van der Waals surface area contributed by atoms with Gasteiger partial charge in [-0.15, -0.1) is 0 Å². The Morgan fingerprint density at radius 2 is 1.96 bits per heavy atom. The Bertz CT molecular complexity index is 732. The van der Waals surface area contributed by atoms with Gasteiger partial charge in [0.2, 0.25) is 5.91 Å². The highest BCUT2D eigenvalue weighted by Crippen LogP contribution is 2.23. The van der Waals surface area contributed by atoms with Crippen molar-refractivity contribution in [3.8, 4) is 0 Å². The fourth-order valence-electron chi connectivity index (χ4n) is 2.30. The minimum absolute atomic E-state index is 0.0169. The fraction of sp³-hybridized carbons (Fsp3) is 0.412. The van der Waals surface area contributed by atoms with Gasteiger partial charge < -0.3 is 9.88 Å². The lowest BCUT2D eigenvalue weighted by Gasteiger charge is -2.25. The molecule has 2 aromatic rings. The number of rotatable bonds is 6. The average molecular weight is 353 g/mol. The first-order valence-electron chi connectivity index (χ1n) is 7.47. The van der Waals surface area contributed by atoms with Crippen LogP contribution in [0, 0.1) is 6.92 Å². The number of halogens is 1. The molecule has 1 aromatic heterocycles. The molecule has 0 bridgehead atoms. The van der Waals surface area contributed by atoms with Crippen molar-refractivity contribution in [2.24, 2.45) is 0 Å². The molecule has 0 aliphatic heterocycles. The van der Waals surface area contributed by atoms with E-state index >= 15 is 0 Å². The molecule has 0 aliphatic rings. The van der Waals surface area contributed by atoms with E-state index < -0.39 is 0 Å². The highest BCUT2D eigenvalue weighted by atomic mass is 35.5. The SMILES string of the molecule is Cc1csc(=O)n1CCC(=O)NCC(C)(C)c1ccc(Cl)cc1. The minimum Gasteiger partial charge on any atom is -0.355 e. The lowest BCUT2D eigenvalue weighted by atomic mass is 9.84. The predicted octanol–water partition coefficient (Wildman–Crippen LogP) is 3.36. The molecule has 0 aliphatic carbocycles. The van der Waals surface area contributed by atoms with Crippen molar-refractivity contribution in [2.75, 3.05) is 6.54 Å². The quantitative estimate of drug-likeness (QED) is 0.866. The molecule has 0 atom stereocenters. The Morgan fingerprint density at radius 1 is 1.30 bits per heavy atom. The van der Waals surface area contributed by atoms with Crippen LogP contribution in [0.2, 0.25) is 5.02 Å². The van der Waals surface area contributed by atoms with Crippen LogP contribution in [0.15, 0.2) is 34.4 Å². The largest absolute Gasteiger partial charge is 0.355 e. The summed E-state index contributed by atoms with van der Waals surface area (Å²) in [5.74, 6) is -0.0514. The van der Waals surface area contributed by atoms with Gasteiger partial charge in [0.25, 0.3) is 0 Å². The first-order valence-corrected chi connectivity index (χ1v) is 8.73. The molecular formula is C17H21ClN2O2S. The van der Waals surface area contributed by atoms with Crippen molar-refractivity contribution in [3.05, 3.63) is 55.6 Å². The lowest BCUT2D eigenvalue weighted by molar-refractivity contribution is -0.121. The number of carbonyl (C=O) groups is 1. The first-order chi connectivity index (χ1) is 10.8. The average Bonchev–Trinajstić information content (AvgIpc) is 2.82. The maximum Gasteiger partial charge on any atom is 0.307 e. The van der Waals surface area contributed by atoms with Crippen molar-refractivity contribution >= 4 is 28.8 Å². The normalized spacial score (nSPS) is 11.5. The number of aromatic nitrogens is 1. The highest BCUT2D eigenvalue weighted by Gasteiger charge is 2.21. The summed E-state index contributed by atoms with van der Waals surface area (Å²) in [4.78, 5) is 23.7. The van der Waals surface area contributed by atoms with Crippen molar-refractivity contribution in [2.45, 2.75) is 39.2 Å². The molecule has 2 rings (SSSR count). The summed E-state index contributed by atoms with van der Waals surface area (Å²) >= 11 is 7.07. The zero-order chi connectivity index (χ0) is 17.0. The molecule has 6 heteroatoms. The Morgan fingerprint density at radius 3 is 2.52 bits per heavy atom. The summed E-state index contributed by atoms with van der Waals surface area (Å²) in [6, 6.07) is 7.66. The van der Waals surface area contributed by atoms with Crippen LogP contribution in [0.4, 0.5) is 0 Å². The molecular weight excluding hydrogens is 332 g/mol. The number of benzene rings is 1. The standard InChI is InChI=1S/C17H21ClN2O2S/c1-12-10-23-16(22)20(12)9-8-15(21)19-11-17(2,3)13-4-6-14(18)7-5-13/h4-7,10H,8-9,11H2,1-3H3,(H,19,21). The van der Waals surface area contributed by atoms with Gasteiger partial charge in [0, 0.05) is 41.0 Å². The smallest absolute Gasteiger partial charge is 0.307 e. The highest BCUT2D eigenvalue weighted by molar-refractivity contribution is 7.07. The van der Waals surface area contributed by atoms with E-state index in [1.165, 1.54) is 0 Å². The zero-order valence-corrected chi connectivity index (χ0v) is 15.1. The summed E-state index contributed by atoms with van der Waals surface area (Å²) < 4.78 is 1.63. The molecule has 0 unspecified atom stereocenters. The van der Waals surface area contributed by atoms with E-state index in [-0.39, 0.29) is 16.2 Å². The van der Waals surface area contributed by atoms with Gasteiger partial charge in [0.05, 0.1) is 0 Å². The van der Waals surface area contributed by atoms with E-state index in [1.54, 1.807) is 4.57 Å². The van der Waals surface area contributed by atoms with Crippen molar-refractivity contribution in [1.82, 2.24) is 9.88 Å². The second-order valence-corrected chi connectivity index (χ2v) is 7.47. The van der Waals surface area contributed by atoms with Crippen LogP contribution < -0.4 is 10.2 Å². The molecule has 4 nitrogen and oxygen atoms in total.